The Balaban J connectivity index is 0.00000261. The third-order valence-corrected chi connectivity index (χ3v) is 4.41. The average Bonchev–Trinajstić information content (AvgIpc) is 3.14. The Morgan fingerprint density at radius 3 is 2.78 bits per heavy atom. The first kappa shape index (κ1) is 21.2. The molecule has 0 saturated carbocycles. The molecular formula is C19H28ClN5O2. The number of hydrogen-bond acceptors (Lipinski definition) is 5. The first-order chi connectivity index (χ1) is 12.6. The van der Waals surface area contributed by atoms with Gasteiger partial charge in [-0.25, -0.2) is 0 Å². The maximum atomic E-state index is 12.4. The van der Waals surface area contributed by atoms with Crippen LogP contribution >= 0.6 is 12.4 Å². The van der Waals surface area contributed by atoms with Gasteiger partial charge in [0.05, 0.1) is 6.04 Å². The Morgan fingerprint density at radius 2 is 2.11 bits per heavy atom. The van der Waals surface area contributed by atoms with Crippen LogP contribution in [0.25, 0.3) is 0 Å². The van der Waals surface area contributed by atoms with E-state index in [-0.39, 0.29) is 18.3 Å². The summed E-state index contributed by atoms with van der Waals surface area (Å²) in [7, 11) is 4.02. The van der Waals surface area contributed by atoms with E-state index in [4.69, 9.17) is 4.74 Å². The molecule has 1 unspecified atom stereocenters. The Labute approximate surface area is 166 Å². The van der Waals surface area contributed by atoms with Gasteiger partial charge in [0, 0.05) is 25.0 Å². The fraction of sp³-hybridized carbons (Fsp3) is 0.474. The molecular weight excluding hydrogens is 366 g/mol. The molecule has 0 bridgehead atoms. The smallest absolute Gasteiger partial charge is 0.276 e. The van der Waals surface area contributed by atoms with Gasteiger partial charge in [-0.15, -0.1) is 12.4 Å². The molecule has 1 atom stereocenters. The van der Waals surface area contributed by atoms with Gasteiger partial charge in [0.2, 0.25) is 0 Å². The van der Waals surface area contributed by atoms with Gasteiger partial charge in [0.1, 0.15) is 12.4 Å². The molecule has 148 valence electrons. The van der Waals surface area contributed by atoms with Crippen LogP contribution in [0.5, 0.6) is 5.75 Å². The number of halogens is 1. The quantitative estimate of drug-likeness (QED) is 0.755. The van der Waals surface area contributed by atoms with Crippen LogP contribution in [0.2, 0.25) is 0 Å². The molecule has 1 fully saturated rings. The number of amides is 1. The molecule has 7 nitrogen and oxygen atoms in total. The van der Waals surface area contributed by atoms with Gasteiger partial charge in [-0.3, -0.25) is 9.48 Å². The lowest BCUT2D eigenvalue weighted by Crippen LogP contribution is -2.32. The van der Waals surface area contributed by atoms with Gasteiger partial charge in [-0.1, -0.05) is 0 Å². The Bertz CT molecular complexity index is 711. The fourth-order valence-corrected chi connectivity index (χ4v) is 2.90. The van der Waals surface area contributed by atoms with Crippen LogP contribution in [0.15, 0.2) is 36.5 Å². The molecule has 1 aliphatic rings. The SMILES string of the molecule is CN(C)CCOc1ccc(NC(=O)c2ccn(C3CCCNC3)n2)cc1.Cl. The summed E-state index contributed by atoms with van der Waals surface area (Å²) in [6.07, 6.45) is 4.11. The van der Waals surface area contributed by atoms with Crippen LogP contribution in [-0.4, -0.2) is 60.9 Å². The average molecular weight is 394 g/mol. The molecule has 2 heterocycles. The van der Waals surface area contributed by atoms with Crippen molar-refractivity contribution in [1.82, 2.24) is 20.0 Å². The Kier molecular flexibility index (Phi) is 8.09. The van der Waals surface area contributed by atoms with Gasteiger partial charge in [0.25, 0.3) is 5.91 Å². The minimum atomic E-state index is -0.200. The summed E-state index contributed by atoms with van der Waals surface area (Å²) in [5, 5.41) is 10.7. The highest BCUT2D eigenvalue weighted by Gasteiger charge is 2.17. The predicted molar refractivity (Wildman–Crippen MR) is 109 cm³/mol. The van der Waals surface area contributed by atoms with Crippen molar-refractivity contribution in [3.8, 4) is 5.75 Å². The molecule has 0 spiro atoms. The summed E-state index contributed by atoms with van der Waals surface area (Å²) < 4.78 is 7.55. The molecule has 1 amide bonds. The molecule has 2 aromatic rings. The molecule has 27 heavy (non-hydrogen) atoms. The lowest BCUT2D eigenvalue weighted by atomic mass is 10.1. The fourth-order valence-electron chi connectivity index (χ4n) is 2.90. The van der Waals surface area contributed by atoms with Crippen molar-refractivity contribution < 1.29 is 9.53 Å². The number of carbonyl (C=O) groups is 1. The lowest BCUT2D eigenvalue weighted by Gasteiger charge is -2.22. The number of carbonyl (C=O) groups excluding carboxylic acids is 1. The van der Waals surface area contributed by atoms with Crippen LogP contribution in [0, 0.1) is 0 Å². The predicted octanol–water partition coefficient (Wildman–Crippen LogP) is 2.42. The Hall–Kier alpha value is -2.09. The first-order valence-corrected chi connectivity index (χ1v) is 9.06. The number of nitrogens with zero attached hydrogens (tertiary/aromatic N) is 3. The highest BCUT2D eigenvalue weighted by molar-refractivity contribution is 6.02. The van der Waals surface area contributed by atoms with E-state index >= 15 is 0 Å². The Morgan fingerprint density at radius 1 is 1.33 bits per heavy atom. The van der Waals surface area contributed by atoms with Crippen LogP contribution in [0.4, 0.5) is 5.69 Å². The zero-order valence-corrected chi connectivity index (χ0v) is 16.7. The van der Waals surface area contributed by atoms with Crippen molar-refractivity contribution in [3.05, 3.63) is 42.2 Å². The monoisotopic (exact) mass is 393 g/mol. The summed E-state index contributed by atoms with van der Waals surface area (Å²) in [6, 6.07) is 9.48. The summed E-state index contributed by atoms with van der Waals surface area (Å²) in [4.78, 5) is 14.5. The van der Waals surface area contributed by atoms with E-state index in [0.717, 1.165) is 43.9 Å². The standard InChI is InChI=1S/C19H27N5O2.ClH/c1-23(2)12-13-26-17-7-5-15(6-8-17)21-19(25)18-9-11-24(22-18)16-4-3-10-20-14-16;/h5-9,11,16,20H,3-4,10,12-14H2,1-2H3,(H,21,25);1H. The van der Waals surface area contributed by atoms with E-state index in [0.29, 0.717) is 18.3 Å². The molecule has 1 saturated heterocycles. The van der Waals surface area contributed by atoms with E-state index < -0.39 is 0 Å². The number of piperidine rings is 1. The number of nitrogens with one attached hydrogen (secondary N) is 2. The summed E-state index contributed by atoms with van der Waals surface area (Å²) in [5.41, 5.74) is 1.16. The zero-order valence-electron chi connectivity index (χ0n) is 15.9. The van der Waals surface area contributed by atoms with Crippen LogP contribution < -0.4 is 15.4 Å². The molecule has 8 heteroatoms. The summed E-state index contributed by atoms with van der Waals surface area (Å²) >= 11 is 0. The van der Waals surface area contributed by atoms with Gasteiger partial charge >= 0.3 is 0 Å². The van der Waals surface area contributed by atoms with E-state index in [1.165, 1.54) is 0 Å². The molecule has 0 radical (unpaired) electrons. The van der Waals surface area contributed by atoms with Crippen molar-refractivity contribution in [2.24, 2.45) is 0 Å². The normalized spacial score (nSPS) is 16.6. The van der Waals surface area contributed by atoms with Crippen LogP contribution in [-0.2, 0) is 0 Å². The van der Waals surface area contributed by atoms with Gasteiger partial charge in [-0.05, 0) is 63.8 Å². The van der Waals surface area contributed by atoms with E-state index in [9.17, 15) is 4.79 Å². The van der Waals surface area contributed by atoms with Crippen molar-refractivity contribution >= 4 is 24.0 Å². The third kappa shape index (κ3) is 6.23. The van der Waals surface area contributed by atoms with Crippen molar-refractivity contribution in [2.75, 3.05) is 45.7 Å². The topological polar surface area (TPSA) is 71.4 Å². The van der Waals surface area contributed by atoms with Gasteiger partial charge in [-0.2, -0.15) is 5.10 Å². The highest BCUT2D eigenvalue weighted by Crippen LogP contribution is 2.18. The van der Waals surface area contributed by atoms with Crippen molar-refractivity contribution in [2.45, 2.75) is 18.9 Å². The number of likely N-dealkylation sites (N-methyl/N-ethyl adjacent to an activating group) is 1. The third-order valence-electron chi connectivity index (χ3n) is 4.41. The minimum Gasteiger partial charge on any atom is -0.492 e. The zero-order chi connectivity index (χ0) is 18.4. The van der Waals surface area contributed by atoms with Crippen molar-refractivity contribution in [1.29, 1.82) is 0 Å². The number of ether oxygens (including phenoxy) is 1. The number of rotatable bonds is 7. The molecule has 3 rings (SSSR count). The molecule has 1 aliphatic heterocycles. The number of anilines is 1. The summed E-state index contributed by atoms with van der Waals surface area (Å²) in [6.45, 7) is 3.45. The second-order valence-corrected chi connectivity index (χ2v) is 6.81. The van der Waals surface area contributed by atoms with E-state index in [1.807, 2.05) is 49.2 Å². The van der Waals surface area contributed by atoms with Crippen LogP contribution in [0.1, 0.15) is 29.4 Å². The largest absolute Gasteiger partial charge is 0.492 e. The number of hydrogen-bond donors (Lipinski definition) is 2. The van der Waals surface area contributed by atoms with Gasteiger partial charge < -0.3 is 20.3 Å². The number of benzene rings is 1. The summed E-state index contributed by atoms with van der Waals surface area (Å²) in [5.74, 6) is 0.590. The lowest BCUT2D eigenvalue weighted by molar-refractivity contribution is 0.102. The molecule has 2 N–H and O–H groups in total. The van der Waals surface area contributed by atoms with E-state index in [2.05, 4.69) is 20.6 Å². The second-order valence-electron chi connectivity index (χ2n) is 6.81. The molecule has 0 aliphatic carbocycles. The van der Waals surface area contributed by atoms with Crippen molar-refractivity contribution in [3.63, 3.8) is 0 Å². The minimum absolute atomic E-state index is 0. The maximum Gasteiger partial charge on any atom is 0.276 e. The highest BCUT2D eigenvalue weighted by atomic mass is 35.5. The first-order valence-electron chi connectivity index (χ1n) is 9.06. The maximum absolute atomic E-state index is 12.4. The molecule has 1 aromatic heterocycles. The van der Waals surface area contributed by atoms with Gasteiger partial charge in [0.15, 0.2) is 5.69 Å². The number of aromatic nitrogens is 2. The van der Waals surface area contributed by atoms with Crippen LogP contribution in [0.3, 0.4) is 0 Å². The molecule has 1 aromatic carbocycles. The second kappa shape index (κ2) is 10.3. The van der Waals surface area contributed by atoms with E-state index in [1.54, 1.807) is 6.07 Å².